The Bertz CT molecular complexity index is 886. The Kier molecular flexibility index (Phi) is 2.80. The van der Waals surface area contributed by atoms with Crippen molar-refractivity contribution in [3.05, 3.63) is 53.6 Å². The van der Waals surface area contributed by atoms with Crippen molar-refractivity contribution in [2.24, 2.45) is 0 Å². The lowest BCUT2D eigenvalue weighted by Gasteiger charge is -2.07. The molecule has 21 heavy (non-hydrogen) atoms. The average molecular weight is 303 g/mol. The summed E-state index contributed by atoms with van der Waals surface area (Å²) >= 11 is 0. The van der Waals surface area contributed by atoms with Crippen LogP contribution in [0.15, 0.2) is 52.3 Å². The molecule has 1 aliphatic rings. The minimum Gasteiger partial charge on any atom is -0.478 e. The van der Waals surface area contributed by atoms with Crippen molar-refractivity contribution in [2.45, 2.75) is 9.79 Å². The Morgan fingerprint density at radius 2 is 1.76 bits per heavy atom. The lowest BCUT2D eigenvalue weighted by atomic mass is 10.2. The van der Waals surface area contributed by atoms with Crippen LogP contribution in [0, 0.1) is 0 Å². The molecule has 0 atom stereocenters. The fourth-order valence-electron chi connectivity index (χ4n) is 2.18. The first-order valence-electron chi connectivity index (χ1n) is 5.94. The van der Waals surface area contributed by atoms with Crippen LogP contribution in [0.2, 0.25) is 0 Å². The van der Waals surface area contributed by atoms with Gasteiger partial charge in [-0.15, -0.1) is 0 Å². The molecule has 1 heterocycles. The number of carbonyl (C=O) groups is 2. The van der Waals surface area contributed by atoms with E-state index in [0.29, 0.717) is 0 Å². The fourth-order valence-corrected chi connectivity index (χ4v) is 3.81. The SMILES string of the molecule is O=C(O)c1ccc2c(c1)S(=O)(=O)c1ccccc1C(=O)N2. The molecule has 1 aliphatic heterocycles. The lowest BCUT2D eigenvalue weighted by molar-refractivity contribution is 0.0696. The van der Waals surface area contributed by atoms with E-state index < -0.39 is 21.7 Å². The van der Waals surface area contributed by atoms with E-state index in [1.54, 1.807) is 6.07 Å². The highest BCUT2D eigenvalue weighted by Gasteiger charge is 2.31. The molecule has 106 valence electrons. The Labute approximate surface area is 120 Å². The van der Waals surface area contributed by atoms with Crippen LogP contribution in [0.3, 0.4) is 0 Å². The molecular formula is C14H9NO5S. The number of fused-ring (bicyclic) bond motifs is 2. The Balaban J connectivity index is 2.37. The van der Waals surface area contributed by atoms with Gasteiger partial charge in [-0.05, 0) is 30.3 Å². The molecule has 0 saturated heterocycles. The van der Waals surface area contributed by atoms with Crippen molar-refractivity contribution >= 4 is 27.4 Å². The predicted molar refractivity (Wildman–Crippen MR) is 73.2 cm³/mol. The van der Waals surface area contributed by atoms with Gasteiger partial charge < -0.3 is 10.4 Å². The largest absolute Gasteiger partial charge is 0.478 e. The van der Waals surface area contributed by atoms with Crippen LogP contribution in [-0.2, 0) is 9.84 Å². The van der Waals surface area contributed by atoms with Gasteiger partial charge in [-0.25, -0.2) is 13.2 Å². The van der Waals surface area contributed by atoms with Gasteiger partial charge in [0.05, 0.1) is 26.6 Å². The molecule has 2 aromatic carbocycles. The zero-order valence-corrected chi connectivity index (χ0v) is 11.3. The summed E-state index contributed by atoms with van der Waals surface area (Å²) in [6.45, 7) is 0. The monoisotopic (exact) mass is 303 g/mol. The smallest absolute Gasteiger partial charge is 0.335 e. The first-order chi connectivity index (χ1) is 9.91. The number of carboxylic acid groups (broad SMARTS) is 1. The number of amides is 1. The molecule has 0 spiro atoms. The maximum absolute atomic E-state index is 12.7. The summed E-state index contributed by atoms with van der Waals surface area (Å²) < 4.78 is 25.3. The number of carbonyl (C=O) groups excluding carboxylic acids is 1. The Hall–Kier alpha value is -2.67. The van der Waals surface area contributed by atoms with E-state index in [1.165, 1.54) is 30.3 Å². The number of aromatic carboxylic acids is 1. The predicted octanol–water partition coefficient (Wildman–Crippen LogP) is 1.78. The zero-order chi connectivity index (χ0) is 15.2. The van der Waals surface area contributed by atoms with Crippen molar-refractivity contribution in [1.82, 2.24) is 0 Å². The summed E-state index contributed by atoms with van der Waals surface area (Å²) in [5.74, 6) is -1.78. The van der Waals surface area contributed by atoms with Crippen LogP contribution < -0.4 is 5.32 Å². The third-order valence-electron chi connectivity index (χ3n) is 3.19. The minimum absolute atomic E-state index is 0.0329. The summed E-state index contributed by atoms with van der Waals surface area (Å²) in [4.78, 5) is 22.7. The van der Waals surface area contributed by atoms with Crippen LogP contribution in [0.25, 0.3) is 0 Å². The highest BCUT2D eigenvalue weighted by Crippen LogP contribution is 2.34. The van der Waals surface area contributed by atoms with Gasteiger partial charge in [-0.1, -0.05) is 12.1 Å². The van der Waals surface area contributed by atoms with Crippen molar-refractivity contribution in [3.63, 3.8) is 0 Å². The van der Waals surface area contributed by atoms with Crippen LogP contribution in [-0.4, -0.2) is 25.4 Å². The molecule has 3 rings (SSSR count). The molecule has 2 aromatic rings. The molecule has 0 aliphatic carbocycles. The summed E-state index contributed by atoms with van der Waals surface area (Å²) in [6.07, 6.45) is 0. The van der Waals surface area contributed by atoms with Crippen LogP contribution in [0.1, 0.15) is 20.7 Å². The summed E-state index contributed by atoms with van der Waals surface area (Å²) in [6, 6.07) is 9.38. The van der Waals surface area contributed by atoms with E-state index in [4.69, 9.17) is 5.11 Å². The molecule has 0 unspecified atom stereocenters. The Morgan fingerprint density at radius 1 is 1.05 bits per heavy atom. The first kappa shape index (κ1) is 13.3. The van der Waals surface area contributed by atoms with E-state index >= 15 is 0 Å². The quantitative estimate of drug-likeness (QED) is 0.836. The number of nitrogens with one attached hydrogen (secondary N) is 1. The van der Waals surface area contributed by atoms with Gasteiger partial charge in [0.25, 0.3) is 5.91 Å². The molecule has 0 aromatic heterocycles. The van der Waals surface area contributed by atoms with E-state index in [9.17, 15) is 18.0 Å². The number of hydrogen-bond donors (Lipinski definition) is 2. The van der Waals surface area contributed by atoms with Crippen LogP contribution >= 0.6 is 0 Å². The summed E-state index contributed by atoms with van der Waals surface area (Å²) in [5, 5.41) is 11.5. The normalized spacial score (nSPS) is 15.3. The average Bonchev–Trinajstić information content (AvgIpc) is 2.54. The lowest BCUT2D eigenvalue weighted by Crippen LogP contribution is -2.11. The third kappa shape index (κ3) is 1.98. The van der Waals surface area contributed by atoms with Gasteiger partial charge in [0.1, 0.15) is 0 Å². The standard InChI is InChI=1S/C14H9NO5S/c16-13-9-3-1-2-4-11(9)21(19,20)12-7-8(14(17)18)5-6-10(12)15-13/h1-7H,(H,15,16)(H,17,18). The van der Waals surface area contributed by atoms with Gasteiger partial charge >= 0.3 is 5.97 Å². The molecule has 0 fully saturated rings. The van der Waals surface area contributed by atoms with Gasteiger partial charge in [-0.2, -0.15) is 0 Å². The number of hydrogen-bond acceptors (Lipinski definition) is 4. The third-order valence-corrected chi connectivity index (χ3v) is 5.04. The highest BCUT2D eigenvalue weighted by atomic mass is 32.2. The maximum Gasteiger partial charge on any atom is 0.335 e. The van der Waals surface area contributed by atoms with E-state index in [-0.39, 0.29) is 26.6 Å². The highest BCUT2D eigenvalue weighted by molar-refractivity contribution is 7.91. The minimum atomic E-state index is -3.97. The topological polar surface area (TPSA) is 101 Å². The van der Waals surface area contributed by atoms with E-state index in [1.807, 2.05) is 0 Å². The fraction of sp³-hybridized carbons (Fsp3) is 0. The van der Waals surface area contributed by atoms with Crippen molar-refractivity contribution in [3.8, 4) is 0 Å². The molecule has 0 saturated carbocycles. The second kappa shape index (κ2) is 4.42. The number of sulfone groups is 1. The number of benzene rings is 2. The molecule has 7 heteroatoms. The summed E-state index contributed by atoms with van der Waals surface area (Å²) in [7, 11) is -3.97. The van der Waals surface area contributed by atoms with Crippen molar-refractivity contribution in [1.29, 1.82) is 0 Å². The number of carboxylic acids is 1. The Morgan fingerprint density at radius 3 is 2.48 bits per heavy atom. The summed E-state index contributed by atoms with van der Waals surface area (Å²) in [5.41, 5.74) is -0.0577. The van der Waals surface area contributed by atoms with Gasteiger partial charge in [0.2, 0.25) is 9.84 Å². The molecule has 6 nitrogen and oxygen atoms in total. The molecule has 0 bridgehead atoms. The maximum atomic E-state index is 12.7. The second-order valence-electron chi connectivity index (χ2n) is 4.47. The number of rotatable bonds is 1. The van der Waals surface area contributed by atoms with Gasteiger partial charge in [0.15, 0.2) is 0 Å². The molecule has 2 N–H and O–H groups in total. The van der Waals surface area contributed by atoms with Crippen LogP contribution in [0.5, 0.6) is 0 Å². The van der Waals surface area contributed by atoms with Crippen molar-refractivity contribution < 1.29 is 23.1 Å². The van der Waals surface area contributed by atoms with Crippen LogP contribution in [0.4, 0.5) is 5.69 Å². The van der Waals surface area contributed by atoms with Gasteiger partial charge in [-0.3, -0.25) is 4.79 Å². The molecule has 1 amide bonds. The molecule has 0 radical (unpaired) electrons. The van der Waals surface area contributed by atoms with E-state index in [0.717, 1.165) is 6.07 Å². The van der Waals surface area contributed by atoms with E-state index in [2.05, 4.69) is 5.32 Å². The zero-order valence-electron chi connectivity index (χ0n) is 10.5. The molecular weight excluding hydrogens is 294 g/mol. The van der Waals surface area contributed by atoms with Gasteiger partial charge in [0, 0.05) is 0 Å². The number of anilines is 1. The van der Waals surface area contributed by atoms with Crippen molar-refractivity contribution in [2.75, 3.05) is 5.32 Å². The second-order valence-corrected chi connectivity index (χ2v) is 6.36. The first-order valence-corrected chi connectivity index (χ1v) is 7.42.